The minimum absolute atomic E-state index is 0.0679. The number of nitrogens with zero attached hydrogens (tertiary/aromatic N) is 3. The van der Waals surface area contributed by atoms with Crippen LogP contribution in [0.5, 0.6) is 0 Å². The first-order valence-electron chi connectivity index (χ1n) is 6.69. The maximum absolute atomic E-state index is 12.0. The molecule has 0 aliphatic carbocycles. The van der Waals surface area contributed by atoms with Gasteiger partial charge in [0, 0.05) is 16.8 Å². The lowest BCUT2D eigenvalue weighted by Crippen LogP contribution is -2.14. The number of amides is 1. The second-order valence-corrected chi connectivity index (χ2v) is 7.69. The van der Waals surface area contributed by atoms with Gasteiger partial charge in [-0.05, 0) is 12.1 Å². The lowest BCUT2D eigenvalue weighted by molar-refractivity contribution is -0.115. The summed E-state index contributed by atoms with van der Waals surface area (Å²) in [6.45, 7) is 0. The maximum atomic E-state index is 12.0. The molecule has 0 saturated carbocycles. The van der Waals surface area contributed by atoms with Crippen LogP contribution in [-0.4, -0.2) is 21.1 Å². The van der Waals surface area contributed by atoms with Crippen LogP contribution in [0.2, 0.25) is 0 Å². The number of thioether (sulfide) groups is 1. The molecular formula is C14H13N5OS3. The molecule has 2 aromatic heterocycles. The van der Waals surface area contributed by atoms with E-state index in [0.717, 1.165) is 20.7 Å². The topological polar surface area (TPSA) is 93.8 Å². The van der Waals surface area contributed by atoms with Gasteiger partial charge in [0.05, 0.1) is 12.1 Å². The molecule has 1 aromatic carbocycles. The van der Waals surface area contributed by atoms with Crippen LogP contribution < -0.4 is 11.1 Å². The average molecular weight is 363 g/mol. The van der Waals surface area contributed by atoms with Crippen molar-refractivity contribution in [3.8, 4) is 0 Å². The molecule has 0 unspecified atom stereocenters. The molecule has 0 atom stereocenters. The highest BCUT2D eigenvalue weighted by molar-refractivity contribution is 8.00. The highest BCUT2D eigenvalue weighted by Gasteiger charge is 2.10. The van der Waals surface area contributed by atoms with Crippen molar-refractivity contribution in [1.82, 2.24) is 15.2 Å². The van der Waals surface area contributed by atoms with Gasteiger partial charge in [0.1, 0.15) is 5.01 Å². The van der Waals surface area contributed by atoms with E-state index in [0.29, 0.717) is 10.9 Å². The van der Waals surface area contributed by atoms with Crippen LogP contribution in [0.4, 0.5) is 10.8 Å². The Bertz CT molecular complexity index is 787. The smallest absolute Gasteiger partial charge is 0.231 e. The quantitative estimate of drug-likeness (QED) is 0.654. The molecule has 3 aromatic rings. The summed E-state index contributed by atoms with van der Waals surface area (Å²) in [5, 5.41) is 13.8. The summed E-state index contributed by atoms with van der Waals surface area (Å²) < 4.78 is 0.818. The zero-order valence-corrected chi connectivity index (χ0v) is 14.4. The normalized spacial score (nSPS) is 10.6. The van der Waals surface area contributed by atoms with Crippen molar-refractivity contribution in [2.75, 3.05) is 11.1 Å². The van der Waals surface area contributed by atoms with Gasteiger partial charge in [-0.1, -0.05) is 41.3 Å². The molecule has 0 radical (unpaired) electrons. The number of hydrogen-bond donors (Lipinski definition) is 2. The van der Waals surface area contributed by atoms with E-state index in [1.807, 2.05) is 35.7 Å². The third-order valence-electron chi connectivity index (χ3n) is 2.73. The van der Waals surface area contributed by atoms with Crippen LogP contribution in [0.15, 0.2) is 40.1 Å². The Morgan fingerprint density at radius 3 is 2.83 bits per heavy atom. The molecule has 23 heavy (non-hydrogen) atoms. The van der Waals surface area contributed by atoms with Gasteiger partial charge in [-0.2, -0.15) is 0 Å². The Hall–Kier alpha value is -1.97. The molecular weight excluding hydrogens is 350 g/mol. The Kier molecular flexibility index (Phi) is 5.21. The third-order valence-corrected chi connectivity index (χ3v) is 5.55. The fourth-order valence-corrected chi connectivity index (χ4v) is 4.20. The molecule has 9 heteroatoms. The zero-order valence-electron chi connectivity index (χ0n) is 11.9. The Morgan fingerprint density at radius 2 is 2.09 bits per heavy atom. The first-order chi connectivity index (χ1) is 11.2. The highest BCUT2D eigenvalue weighted by atomic mass is 32.2. The number of aromatic nitrogens is 3. The van der Waals surface area contributed by atoms with Crippen LogP contribution in [0, 0.1) is 0 Å². The largest absolute Gasteiger partial charge is 0.374 e. The number of anilines is 2. The monoisotopic (exact) mass is 363 g/mol. The number of thiazole rings is 1. The summed E-state index contributed by atoms with van der Waals surface area (Å²) >= 11 is 4.38. The van der Waals surface area contributed by atoms with Crippen LogP contribution in [-0.2, 0) is 17.0 Å². The molecule has 0 bridgehead atoms. The second-order valence-electron chi connectivity index (χ2n) is 4.52. The van der Waals surface area contributed by atoms with Crippen LogP contribution in [0.3, 0.4) is 0 Å². The molecule has 6 nitrogen and oxygen atoms in total. The zero-order chi connectivity index (χ0) is 16.1. The number of benzene rings is 1. The van der Waals surface area contributed by atoms with E-state index in [4.69, 9.17) is 5.73 Å². The van der Waals surface area contributed by atoms with Crippen molar-refractivity contribution < 1.29 is 4.79 Å². The van der Waals surface area contributed by atoms with Crippen LogP contribution in [0.1, 0.15) is 10.7 Å². The molecule has 1 amide bonds. The van der Waals surface area contributed by atoms with Crippen LogP contribution >= 0.6 is 34.4 Å². The van der Waals surface area contributed by atoms with Crippen molar-refractivity contribution in [3.63, 3.8) is 0 Å². The fourth-order valence-electron chi connectivity index (χ4n) is 1.77. The van der Waals surface area contributed by atoms with Gasteiger partial charge in [-0.15, -0.1) is 21.5 Å². The van der Waals surface area contributed by atoms with Crippen molar-refractivity contribution in [1.29, 1.82) is 0 Å². The summed E-state index contributed by atoms with van der Waals surface area (Å²) in [5.74, 6) is 0.618. The number of nitrogens with one attached hydrogen (secondary N) is 1. The number of nitrogens with two attached hydrogens (primary N) is 1. The molecule has 118 valence electrons. The van der Waals surface area contributed by atoms with Gasteiger partial charge in [-0.25, -0.2) is 4.98 Å². The van der Waals surface area contributed by atoms with E-state index in [2.05, 4.69) is 20.5 Å². The lowest BCUT2D eigenvalue weighted by atomic mass is 10.3. The van der Waals surface area contributed by atoms with Gasteiger partial charge >= 0.3 is 0 Å². The summed E-state index contributed by atoms with van der Waals surface area (Å²) in [7, 11) is 0. The van der Waals surface area contributed by atoms with Crippen LogP contribution in [0.25, 0.3) is 0 Å². The molecule has 0 saturated heterocycles. The summed E-state index contributed by atoms with van der Waals surface area (Å²) in [5.41, 5.74) is 7.26. The van der Waals surface area contributed by atoms with E-state index < -0.39 is 0 Å². The van der Waals surface area contributed by atoms with E-state index in [1.54, 1.807) is 0 Å². The minimum atomic E-state index is -0.0679. The number of carbonyl (C=O) groups is 1. The highest BCUT2D eigenvalue weighted by Crippen LogP contribution is 2.27. The number of nitrogen functional groups attached to an aromatic ring is 1. The third kappa shape index (κ3) is 4.75. The predicted octanol–water partition coefficient (Wildman–Crippen LogP) is 3.05. The molecule has 3 N–H and O–H groups in total. The van der Waals surface area contributed by atoms with Gasteiger partial charge in [0.25, 0.3) is 0 Å². The molecule has 3 rings (SSSR count). The van der Waals surface area contributed by atoms with E-state index in [-0.39, 0.29) is 12.3 Å². The van der Waals surface area contributed by atoms with Crippen molar-refractivity contribution >= 4 is 51.2 Å². The number of hydrogen-bond acceptors (Lipinski definition) is 8. The molecule has 2 heterocycles. The Labute approximate surface area is 145 Å². The molecule has 0 fully saturated rings. The standard InChI is InChI=1S/C14H13N5OS3/c15-13-18-19-14(23-13)22-8-10-7-21-12(17-10)6-11(20)16-9-4-2-1-3-5-9/h1-5,7H,6,8H2,(H2,15,18)(H,16,20). The summed E-state index contributed by atoms with van der Waals surface area (Å²) in [6.07, 6.45) is 0.274. The summed E-state index contributed by atoms with van der Waals surface area (Å²) in [6, 6.07) is 9.39. The lowest BCUT2D eigenvalue weighted by Gasteiger charge is -2.02. The molecule has 0 aliphatic rings. The van der Waals surface area contributed by atoms with Crippen molar-refractivity contribution in [3.05, 3.63) is 46.4 Å². The molecule has 0 spiro atoms. The van der Waals surface area contributed by atoms with E-state index >= 15 is 0 Å². The van der Waals surface area contributed by atoms with Crippen molar-refractivity contribution in [2.45, 2.75) is 16.5 Å². The average Bonchev–Trinajstić information content (AvgIpc) is 3.15. The van der Waals surface area contributed by atoms with Gasteiger partial charge in [0.15, 0.2) is 4.34 Å². The Morgan fingerprint density at radius 1 is 1.26 bits per heavy atom. The Balaban J connectivity index is 1.51. The minimum Gasteiger partial charge on any atom is -0.374 e. The second kappa shape index (κ2) is 7.53. The first kappa shape index (κ1) is 15.9. The number of rotatable bonds is 6. The fraction of sp³-hybridized carbons (Fsp3) is 0.143. The van der Waals surface area contributed by atoms with Gasteiger partial charge in [-0.3, -0.25) is 4.79 Å². The van der Waals surface area contributed by atoms with Crippen molar-refractivity contribution in [2.24, 2.45) is 0 Å². The van der Waals surface area contributed by atoms with Gasteiger partial charge < -0.3 is 11.1 Å². The SMILES string of the molecule is Nc1nnc(SCc2csc(CC(=O)Nc3ccccc3)n2)s1. The summed E-state index contributed by atoms with van der Waals surface area (Å²) in [4.78, 5) is 16.5. The van der Waals surface area contributed by atoms with E-state index in [9.17, 15) is 4.79 Å². The van der Waals surface area contributed by atoms with E-state index in [1.165, 1.54) is 34.4 Å². The number of para-hydroxylation sites is 1. The van der Waals surface area contributed by atoms with Gasteiger partial charge in [0.2, 0.25) is 11.0 Å². The predicted molar refractivity (Wildman–Crippen MR) is 94.8 cm³/mol. The molecule has 0 aliphatic heterocycles. The maximum Gasteiger partial charge on any atom is 0.231 e. The number of carbonyl (C=O) groups excluding carboxylic acids is 1. The first-order valence-corrected chi connectivity index (χ1v) is 9.37.